The smallest absolute Gasteiger partial charge is 0.296 e. The number of aryl methyl sites for hydroxylation is 1. The van der Waals surface area contributed by atoms with Crippen LogP contribution in [-0.2, 0) is 20.2 Å². The van der Waals surface area contributed by atoms with Crippen LogP contribution in [0.2, 0.25) is 0 Å². The molecule has 0 bridgehead atoms. The fourth-order valence-electron chi connectivity index (χ4n) is 3.61. The molecule has 0 aliphatic rings. The molecule has 4 aromatic rings. The molecule has 0 unspecified atom stereocenters. The van der Waals surface area contributed by atoms with Crippen molar-refractivity contribution in [2.75, 3.05) is 11.5 Å². The van der Waals surface area contributed by atoms with Gasteiger partial charge in [0.1, 0.15) is 26.9 Å². The normalized spacial score (nSPS) is 12.6. The van der Waals surface area contributed by atoms with Crippen LogP contribution in [-0.4, -0.2) is 31.0 Å². The maximum absolute atomic E-state index is 12.1. The highest BCUT2D eigenvalue weighted by atomic mass is 32.2. The number of nitrogens with two attached hydrogens (primary N) is 2. The number of azo groups is 2. The molecule has 0 fully saturated rings. The van der Waals surface area contributed by atoms with E-state index in [0.717, 1.165) is 12.1 Å². The zero-order valence-electron chi connectivity index (χ0n) is 19.5. The van der Waals surface area contributed by atoms with E-state index < -0.39 is 41.5 Å². The Labute approximate surface area is 216 Å². The second kappa shape index (κ2) is 9.79. The summed E-state index contributed by atoms with van der Waals surface area (Å²) < 4.78 is 66.8. The fourth-order valence-corrected chi connectivity index (χ4v) is 4.90. The van der Waals surface area contributed by atoms with Gasteiger partial charge >= 0.3 is 0 Å². The number of hydrogen-bond acceptors (Lipinski definition) is 11. The second-order valence-corrected chi connectivity index (χ2v) is 10.8. The number of nitrogen functional groups attached to an aromatic ring is 2. The Morgan fingerprint density at radius 2 is 1.34 bits per heavy atom. The van der Waals surface area contributed by atoms with E-state index in [-0.39, 0.29) is 27.8 Å². The van der Waals surface area contributed by atoms with Crippen molar-refractivity contribution in [3.8, 4) is 5.75 Å². The first-order valence-electron chi connectivity index (χ1n) is 10.6. The van der Waals surface area contributed by atoms with Gasteiger partial charge in [-0.05, 0) is 66.4 Å². The molecule has 13 nitrogen and oxygen atoms in total. The van der Waals surface area contributed by atoms with Gasteiger partial charge in [-0.2, -0.15) is 21.9 Å². The molecule has 0 aliphatic heterocycles. The lowest BCUT2D eigenvalue weighted by atomic mass is 10.0. The van der Waals surface area contributed by atoms with Crippen molar-refractivity contribution in [1.29, 1.82) is 0 Å². The lowest BCUT2D eigenvalue weighted by Crippen LogP contribution is -2.02. The molecule has 7 N–H and O–H groups in total. The number of aromatic hydroxyl groups is 1. The van der Waals surface area contributed by atoms with Gasteiger partial charge in [-0.25, -0.2) is 0 Å². The number of phenols is 1. The summed E-state index contributed by atoms with van der Waals surface area (Å²) in [5.41, 5.74) is 11.9. The Morgan fingerprint density at radius 3 is 1.97 bits per heavy atom. The number of phenolic OH excluding ortho intramolecular Hbond substituents is 1. The summed E-state index contributed by atoms with van der Waals surface area (Å²) in [5, 5.41) is 26.8. The first-order chi connectivity index (χ1) is 17.8. The van der Waals surface area contributed by atoms with Crippen molar-refractivity contribution >= 4 is 65.1 Å². The van der Waals surface area contributed by atoms with Crippen LogP contribution >= 0.6 is 0 Å². The summed E-state index contributed by atoms with van der Waals surface area (Å²) in [4.78, 5) is -1.14. The third-order valence-electron chi connectivity index (χ3n) is 5.38. The zero-order chi connectivity index (χ0) is 27.8. The quantitative estimate of drug-likeness (QED) is 0.117. The molecule has 196 valence electrons. The number of benzene rings is 4. The molecule has 0 spiro atoms. The average Bonchev–Trinajstić information content (AvgIpc) is 2.83. The summed E-state index contributed by atoms with van der Waals surface area (Å²) in [7, 11) is -9.42. The van der Waals surface area contributed by atoms with Crippen molar-refractivity contribution in [3.63, 3.8) is 0 Å². The van der Waals surface area contributed by atoms with Gasteiger partial charge in [0, 0.05) is 5.69 Å². The Hall–Kier alpha value is -4.44. The molecule has 0 aromatic heterocycles. The first kappa shape index (κ1) is 26.6. The highest BCUT2D eigenvalue weighted by Gasteiger charge is 2.24. The van der Waals surface area contributed by atoms with E-state index in [2.05, 4.69) is 20.5 Å². The van der Waals surface area contributed by atoms with Crippen molar-refractivity contribution in [1.82, 2.24) is 0 Å². The Bertz CT molecular complexity index is 1850. The molecule has 0 amide bonds. The molecule has 0 heterocycles. The number of fused-ring (bicyclic) bond motifs is 1. The van der Waals surface area contributed by atoms with Crippen LogP contribution in [0, 0.1) is 6.92 Å². The minimum atomic E-state index is -4.82. The monoisotopic (exact) mass is 556 g/mol. The number of anilines is 2. The maximum atomic E-state index is 12.1. The van der Waals surface area contributed by atoms with Crippen molar-refractivity contribution in [2.45, 2.75) is 16.7 Å². The van der Waals surface area contributed by atoms with E-state index in [1.165, 1.54) is 43.3 Å². The summed E-state index contributed by atoms with van der Waals surface area (Å²) in [6.45, 7) is 1.53. The van der Waals surface area contributed by atoms with Gasteiger partial charge in [0.05, 0.1) is 16.8 Å². The Balaban J connectivity index is 1.93. The molecule has 15 heteroatoms. The second-order valence-electron chi connectivity index (χ2n) is 8.04. The van der Waals surface area contributed by atoms with Crippen molar-refractivity contribution in [2.24, 2.45) is 20.5 Å². The molecular weight excluding hydrogens is 536 g/mol. The van der Waals surface area contributed by atoms with Crippen molar-refractivity contribution in [3.05, 3.63) is 66.2 Å². The Morgan fingerprint density at radius 1 is 0.737 bits per heavy atom. The zero-order valence-corrected chi connectivity index (χ0v) is 21.1. The highest BCUT2D eigenvalue weighted by molar-refractivity contribution is 7.86. The molecule has 0 atom stereocenters. The lowest BCUT2D eigenvalue weighted by molar-refractivity contribution is 0.480. The van der Waals surface area contributed by atoms with Gasteiger partial charge in [0.2, 0.25) is 0 Å². The molecule has 0 saturated heterocycles. The van der Waals surface area contributed by atoms with Gasteiger partial charge in [0.25, 0.3) is 20.2 Å². The molecule has 4 rings (SSSR count). The van der Waals surface area contributed by atoms with E-state index in [1.807, 2.05) is 0 Å². The fraction of sp³-hybridized carbons (Fsp3) is 0.0435. The SMILES string of the molecule is Cc1cc2cc(S(=O)(=O)O)c(N=Nc3ccc(N)cc3)c(N)c2c(O)c1N=Nc1ccccc1S(=O)(=O)O. The van der Waals surface area contributed by atoms with Gasteiger partial charge in [-0.15, -0.1) is 15.3 Å². The molecule has 0 saturated carbocycles. The molecule has 4 aromatic carbocycles. The highest BCUT2D eigenvalue weighted by Crippen LogP contribution is 2.47. The summed E-state index contributed by atoms with van der Waals surface area (Å²) >= 11 is 0. The van der Waals surface area contributed by atoms with Crippen LogP contribution in [0.15, 0.2) is 90.9 Å². The van der Waals surface area contributed by atoms with Gasteiger partial charge in [-0.3, -0.25) is 9.11 Å². The summed E-state index contributed by atoms with van der Waals surface area (Å²) in [6.07, 6.45) is 0. The lowest BCUT2D eigenvalue weighted by Gasteiger charge is -2.13. The van der Waals surface area contributed by atoms with E-state index in [0.29, 0.717) is 16.9 Å². The van der Waals surface area contributed by atoms with Crippen LogP contribution in [0.4, 0.5) is 34.1 Å². The molecule has 38 heavy (non-hydrogen) atoms. The van der Waals surface area contributed by atoms with Crippen LogP contribution in [0.1, 0.15) is 5.56 Å². The third kappa shape index (κ3) is 5.30. The summed E-state index contributed by atoms with van der Waals surface area (Å²) in [5.74, 6) is -0.517. The number of hydrogen-bond donors (Lipinski definition) is 5. The topological polar surface area (TPSA) is 230 Å². The molecule has 0 radical (unpaired) electrons. The van der Waals surface area contributed by atoms with E-state index >= 15 is 0 Å². The predicted molar refractivity (Wildman–Crippen MR) is 140 cm³/mol. The largest absolute Gasteiger partial charge is 0.505 e. The minimum Gasteiger partial charge on any atom is -0.505 e. The Kier molecular flexibility index (Phi) is 6.86. The average molecular weight is 557 g/mol. The predicted octanol–water partition coefficient (Wildman–Crippen LogP) is 5.34. The summed E-state index contributed by atoms with van der Waals surface area (Å²) in [6, 6.07) is 13.9. The van der Waals surface area contributed by atoms with E-state index in [1.54, 1.807) is 12.1 Å². The van der Waals surface area contributed by atoms with Crippen LogP contribution < -0.4 is 11.5 Å². The van der Waals surface area contributed by atoms with Gasteiger partial charge in [-0.1, -0.05) is 12.1 Å². The first-order valence-corrected chi connectivity index (χ1v) is 13.5. The van der Waals surface area contributed by atoms with E-state index in [4.69, 9.17) is 11.5 Å². The maximum Gasteiger partial charge on any atom is 0.296 e. The van der Waals surface area contributed by atoms with Crippen molar-refractivity contribution < 1.29 is 31.0 Å². The van der Waals surface area contributed by atoms with E-state index in [9.17, 15) is 31.0 Å². The molecule has 0 aliphatic carbocycles. The van der Waals surface area contributed by atoms with Crippen LogP contribution in [0.3, 0.4) is 0 Å². The third-order valence-corrected chi connectivity index (χ3v) is 7.15. The van der Waals surface area contributed by atoms with Gasteiger partial charge in [0.15, 0.2) is 5.75 Å². The van der Waals surface area contributed by atoms with Gasteiger partial charge < -0.3 is 16.6 Å². The standard InChI is InChI=1S/C23H20N6O7S2/c1-12-10-13-11-18(38(34,35)36)22(29-26-15-8-6-14(24)7-9-15)20(25)19(13)23(30)21(12)28-27-16-4-2-3-5-17(16)37(31,32)33/h2-11,30H,24-25H2,1H3,(H,31,32,33)(H,34,35,36). The van der Waals surface area contributed by atoms with Crippen LogP contribution in [0.25, 0.3) is 10.8 Å². The number of rotatable bonds is 6. The molecular formula is C23H20N6O7S2. The number of nitrogens with zero attached hydrogens (tertiary/aromatic N) is 4. The van der Waals surface area contributed by atoms with Crippen LogP contribution in [0.5, 0.6) is 5.75 Å². The minimum absolute atomic E-state index is 0.0636.